The summed E-state index contributed by atoms with van der Waals surface area (Å²) in [5.41, 5.74) is 3.49. The number of hydrogen-bond acceptors (Lipinski definition) is 6. The fourth-order valence-electron chi connectivity index (χ4n) is 3.68. The second-order valence-corrected chi connectivity index (χ2v) is 8.54. The van der Waals surface area contributed by atoms with Crippen LogP contribution < -0.4 is 5.32 Å². The predicted octanol–water partition coefficient (Wildman–Crippen LogP) is 2.89. The number of likely N-dealkylation sites (tertiary alicyclic amines) is 1. The van der Waals surface area contributed by atoms with Crippen LogP contribution in [0.2, 0.25) is 0 Å². The molecule has 0 spiro atoms. The Morgan fingerprint density at radius 3 is 3.10 bits per heavy atom. The van der Waals surface area contributed by atoms with Crippen LogP contribution in [0.5, 0.6) is 0 Å². The second kappa shape index (κ2) is 8.93. The lowest BCUT2D eigenvalue weighted by molar-refractivity contribution is -0.128. The highest BCUT2D eigenvalue weighted by Crippen LogP contribution is 2.24. The van der Waals surface area contributed by atoms with Gasteiger partial charge in [0.05, 0.1) is 5.92 Å². The van der Waals surface area contributed by atoms with Crippen LogP contribution in [0.1, 0.15) is 29.5 Å². The quantitative estimate of drug-likeness (QED) is 0.576. The third-order valence-corrected chi connectivity index (χ3v) is 6.10. The number of hydrogen-bond donors (Lipinski definition) is 2. The van der Waals surface area contributed by atoms with Gasteiger partial charge in [-0.1, -0.05) is 23.0 Å². The Morgan fingerprint density at radius 1 is 1.40 bits per heavy atom. The second-order valence-electron chi connectivity index (χ2n) is 7.48. The molecule has 1 saturated heterocycles. The van der Waals surface area contributed by atoms with E-state index in [-0.39, 0.29) is 24.2 Å². The van der Waals surface area contributed by atoms with Crippen molar-refractivity contribution >= 4 is 39.2 Å². The summed E-state index contributed by atoms with van der Waals surface area (Å²) in [4.78, 5) is 30.1. The number of aryl methyl sites for hydroxylation is 1. The Balaban J connectivity index is 1.32. The van der Waals surface area contributed by atoms with Crippen molar-refractivity contribution in [2.75, 3.05) is 25.0 Å². The molecule has 2 N–H and O–H groups in total. The Labute approximate surface area is 178 Å². The van der Waals surface area contributed by atoms with E-state index in [0.717, 1.165) is 11.9 Å². The first-order valence-electron chi connectivity index (χ1n) is 10.1. The SMILES string of the molecule is CCOCc1nnc(NC(=O)[C@@H]2CC(=O)N(CCc3c[nH]c4ccc(C)cc34)C2)s1. The smallest absolute Gasteiger partial charge is 0.231 e. The van der Waals surface area contributed by atoms with Crippen molar-refractivity contribution in [1.82, 2.24) is 20.1 Å². The molecule has 0 aliphatic carbocycles. The molecular weight excluding hydrogens is 402 g/mol. The number of aromatic nitrogens is 3. The summed E-state index contributed by atoms with van der Waals surface area (Å²) in [7, 11) is 0. The van der Waals surface area contributed by atoms with Crippen LogP contribution in [0.4, 0.5) is 5.13 Å². The average Bonchev–Trinajstić information content (AvgIpc) is 3.43. The van der Waals surface area contributed by atoms with E-state index in [2.05, 4.69) is 45.6 Å². The topological polar surface area (TPSA) is 100 Å². The number of H-pyrrole nitrogens is 1. The molecule has 1 aliphatic rings. The zero-order valence-corrected chi connectivity index (χ0v) is 17.9. The standard InChI is InChI=1S/C21H25N5O3S/c1-3-29-12-18-24-25-21(30-18)23-20(28)15-9-19(27)26(11-15)7-6-14-10-22-17-5-4-13(2)8-16(14)17/h4-5,8,10,15,22H,3,6-7,9,11-12H2,1-2H3,(H,23,25,28)/t15-/m1/s1. The van der Waals surface area contributed by atoms with Crippen molar-refractivity contribution in [3.05, 3.63) is 40.5 Å². The fraction of sp³-hybridized carbons (Fsp3) is 0.429. The lowest BCUT2D eigenvalue weighted by Crippen LogP contribution is -2.30. The maximum absolute atomic E-state index is 12.6. The molecule has 3 aromatic rings. The van der Waals surface area contributed by atoms with Crippen LogP contribution in [0.25, 0.3) is 10.9 Å². The monoisotopic (exact) mass is 427 g/mol. The number of carbonyl (C=O) groups is 2. The molecule has 0 radical (unpaired) electrons. The average molecular weight is 428 g/mol. The van der Waals surface area contributed by atoms with Crippen LogP contribution in [0.15, 0.2) is 24.4 Å². The number of carbonyl (C=O) groups excluding carboxylic acids is 2. The van der Waals surface area contributed by atoms with Gasteiger partial charge in [0.25, 0.3) is 0 Å². The summed E-state index contributed by atoms with van der Waals surface area (Å²) >= 11 is 1.29. The van der Waals surface area contributed by atoms with Crippen molar-refractivity contribution in [2.45, 2.75) is 33.3 Å². The lowest BCUT2D eigenvalue weighted by atomic mass is 10.1. The number of nitrogens with one attached hydrogen (secondary N) is 2. The Bertz CT molecular complexity index is 1060. The molecular formula is C21H25N5O3S. The molecule has 9 heteroatoms. The number of ether oxygens (including phenoxy) is 1. The highest BCUT2D eigenvalue weighted by atomic mass is 32.1. The van der Waals surface area contributed by atoms with E-state index < -0.39 is 0 Å². The minimum absolute atomic E-state index is 0.0143. The van der Waals surface area contributed by atoms with Gasteiger partial charge in [0.1, 0.15) is 11.6 Å². The maximum Gasteiger partial charge on any atom is 0.231 e. The highest BCUT2D eigenvalue weighted by Gasteiger charge is 2.34. The third-order valence-electron chi connectivity index (χ3n) is 5.29. The van der Waals surface area contributed by atoms with Crippen molar-refractivity contribution in [3.8, 4) is 0 Å². The van der Waals surface area contributed by atoms with E-state index in [1.165, 1.54) is 27.8 Å². The maximum atomic E-state index is 12.6. The molecule has 0 saturated carbocycles. The van der Waals surface area contributed by atoms with Gasteiger partial charge in [0.15, 0.2) is 0 Å². The molecule has 0 unspecified atom stereocenters. The number of benzene rings is 1. The first-order valence-corrected chi connectivity index (χ1v) is 10.9. The first kappa shape index (κ1) is 20.5. The van der Waals surface area contributed by atoms with Crippen molar-refractivity contribution in [3.63, 3.8) is 0 Å². The molecule has 3 heterocycles. The molecule has 1 aliphatic heterocycles. The normalized spacial score (nSPS) is 16.5. The predicted molar refractivity (Wildman–Crippen MR) is 115 cm³/mol. The summed E-state index contributed by atoms with van der Waals surface area (Å²) in [6.45, 7) is 5.98. The zero-order valence-electron chi connectivity index (χ0n) is 17.1. The van der Waals surface area contributed by atoms with Crippen molar-refractivity contribution in [1.29, 1.82) is 0 Å². The van der Waals surface area contributed by atoms with Crippen LogP contribution in [0, 0.1) is 12.8 Å². The minimum atomic E-state index is -0.373. The Morgan fingerprint density at radius 2 is 2.27 bits per heavy atom. The number of amides is 2. The van der Waals surface area contributed by atoms with Gasteiger partial charge in [-0.15, -0.1) is 10.2 Å². The summed E-state index contributed by atoms with van der Waals surface area (Å²) < 4.78 is 5.30. The zero-order chi connectivity index (χ0) is 21.1. The number of anilines is 1. The number of aromatic amines is 1. The van der Waals surface area contributed by atoms with E-state index in [1.807, 2.05) is 13.1 Å². The van der Waals surface area contributed by atoms with Crippen molar-refractivity contribution in [2.24, 2.45) is 5.92 Å². The van der Waals surface area contributed by atoms with Gasteiger partial charge in [-0.3, -0.25) is 9.59 Å². The van der Waals surface area contributed by atoms with E-state index in [0.29, 0.717) is 36.4 Å². The summed E-state index contributed by atoms with van der Waals surface area (Å²) in [5.74, 6) is -0.546. The lowest BCUT2D eigenvalue weighted by Gasteiger charge is -2.16. The highest BCUT2D eigenvalue weighted by molar-refractivity contribution is 7.15. The van der Waals surface area contributed by atoms with E-state index >= 15 is 0 Å². The largest absolute Gasteiger partial charge is 0.374 e. The molecule has 4 rings (SSSR count). The molecule has 30 heavy (non-hydrogen) atoms. The third kappa shape index (κ3) is 4.52. The molecule has 1 fully saturated rings. The molecule has 1 aromatic carbocycles. The molecule has 2 aromatic heterocycles. The minimum Gasteiger partial charge on any atom is -0.374 e. The van der Waals surface area contributed by atoms with E-state index in [4.69, 9.17) is 4.74 Å². The summed E-state index contributed by atoms with van der Waals surface area (Å²) in [5, 5.41) is 13.1. The molecule has 2 amide bonds. The van der Waals surface area contributed by atoms with Gasteiger partial charge in [0.2, 0.25) is 16.9 Å². The van der Waals surface area contributed by atoms with Gasteiger partial charge in [-0.05, 0) is 38.0 Å². The first-order chi connectivity index (χ1) is 14.5. The van der Waals surface area contributed by atoms with Gasteiger partial charge >= 0.3 is 0 Å². The van der Waals surface area contributed by atoms with E-state index in [1.54, 1.807) is 4.90 Å². The molecule has 158 valence electrons. The molecule has 0 bridgehead atoms. The number of rotatable bonds is 8. The summed E-state index contributed by atoms with van der Waals surface area (Å²) in [6, 6.07) is 6.31. The van der Waals surface area contributed by atoms with E-state index in [9.17, 15) is 9.59 Å². The van der Waals surface area contributed by atoms with Crippen LogP contribution in [-0.4, -0.2) is 51.6 Å². The van der Waals surface area contributed by atoms with Gasteiger partial charge < -0.3 is 19.9 Å². The summed E-state index contributed by atoms with van der Waals surface area (Å²) in [6.07, 6.45) is 2.98. The molecule has 8 nitrogen and oxygen atoms in total. The number of fused-ring (bicyclic) bond motifs is 1. The number of nitrogens with zero attached hydrogens (tertiary/aromatic N) is 3. The van der Waals surface area contributed by atoms with Crippen LogP contribution in [-0.2, 0) is 27.4 Å². The van der Waals surface area contributed by atoms with Gasteiger partial charge in [0, 0.05) is 43.2 Å². The fourth-order valence-corrected chi connectivity index (χ4v) is 4.36. The van der Waals surface area contributed by atoms with Crippen molar-refractivity contribution < 1.29 is 14.3 Å². The molecule has 1 atom stereocenters. The Hall–Kier alpha value is -2.78. The van der Waals surface area contributed by atoms with Gasteiger partial charge in [-0.25, -0.2) is 0 Å². The van der Waals surface area contributed by atoms with Crippen LogP contribution in [0.3, 0.4) is 0 Å². The Kier molecular flexibility index (Phi) is 6.10. The van der Waals surface area contributed by atoms with Gasteiger partial charge in [-0.2, -0.15) is 0 Å². The van der Waals surface area contributed by atoms with Crippen LogP contribution >= 0.6 is 11.3 Å².